The summed E-state index contributed by atoms with van der Waals surface area (Å²) >= 11 is 1.31. The highest BCUT2D eigenvalue weighted by Crippen LogP contribution is 2.22. The molecule has 2 N–H and O–H groups in total. The van der Waals surface area contributed by atoms with Crippen LogP contribution in [-0.4, -0.2) is 35.8 Å². The summed E-state index contributed by atoms with van der Waals surface area (Å²) in [6, 6.07) is 14.2. The van der Waals surface area contributed by atoms with Gasteiger partial charge in [0.25, 0.3) is 5.91 Å². The van der Waals surface area contributed by atoms with Gasteiger partial charge in [0.2, 0.25) is 5.91 Å². The second-order valence-corrected chi connectivity index (χ2v) is 7.44. The smallest absolute Gasteiger partial charge is 0.261 e. The average Bonchev–Trinajstić information content (AvgIpc) is 3.05. The van der Waals surface area contributed by atoms with E-state index in [0.29, 0.717) is 9.88 Å². The highest BCUT2D eigenvalue weighted by molar-refractivity contribution is 7.18. The minimum atomic E-state index is -0.125. The number of thiophene rings is 1. The zero-order valence-electron chi connectivity index (χ0n) is 14.3. The van der Waals surface area contributed by atoms with Crippen LogP contribution < -0.4 is 10.6 Å². The Bertz CT molecular complexity index is 721. The summed E-state index contributed by atoms with van der Waals surface area (Å²) < 4.78 is 0. The number of hydrogen-bond donors (Lipinski definition) is 2. The third kappa shape index (κ3) is 5.14. The lowest BCUT2D eigenvalue weighted by molar-refractivity contribution is -0.114. The van der Waals surface area contributed by atoms with E-state index in [2.05, 4.69) is 39.8 Å². The molecule has 0 spiro atoms. The fourth-order valence-corrected chi connectivity index (χ4v) is 3.89. The van der Waals surface area contributed by atoms with Gasteiger partial charge in [0.15, 0.2) is 0 Å². The Balaban J connectivity index is 1.46. The van der Waals surface area contributed by atoms with Gasteiger partial charge in [-0.25, -0.2) is 0 Å². The van der Waals surface area contributed by atoms with E-state index >= 15 is 0 Å². The lowest BCUT2D eigenvalue weighted by Crippen LogP contribution is -2.44. The number of amides is 2. The number of hydrogen-bond acceptors (Lipinski definition) is 4. The molecule has 1 aliphatic heterocycles. The van der Waals surface area contributed by atoms with Crippen LogP contribution >= 0.6 is 11.3 Å². The number of piperidine rings is 1. The first kappa shape index (κ1) is 17.6. The molecule has 2 amide bonds. The van der Waals surface area contributed by atoms with Crippen LogP contribution in [0.25, 0.3) is 0 Å². The molecular formula is C19H23N3O2S. The molecule has 0 bridgehead atoms. The summed E-state index contributed by atoms with van der Waals surface area (Å²) in [5, 5.41) is 6.53. The molecule has 3 rings (SSSR count). The molecule has 2 heterocycles. The number of nitrogens with one attached hydrogen (secondary N) is 2. The zero-order valence-corrected chi connectivity index (χ0v) is 15.1. The summed E-state index contributed by atoms with van der Waals surface area (Å²) in [5.74, 6) is -0.178. The SMILES string of the molecule is CC(=O)Nc1ccc(C(=O)NC2CCN(Cc3ccccc3)CC2)s1. The van der Waals surface area contributed by atoms with Crippen molar-refractivity contribution in [2.24, 2.45) is 0 Å². The number of carbonyl (C=O) groups excluding carboxylic acids is 2. The van der Waals surface area contributed by atoms with E-state index in [4.69, 9.17) is 0 Å². The van der Waals surface area contributed by atoms with Crippen molar-refractivity contribution in [2.75, 3.05) is 18.4 Å². The third-order valence-electron chi connectivity index (χ3n) is 4.30. The molecule has 1 saturated heterocycles. The van der Waals surface area contributed by atoms with E-state index in [9.17, 15) is 9.59 Å². The molecule has 1 aromatic heterocycles. The topological polar surface area (TPSA) is 61.4 Å². The van der Waals surface area contributed by atoms with Crippen molar-refractivity contribution in [3.8, 4) is 0 Å². The van der Waals surface area contributed by atoms with Crippen molar-refractivity contribution >= 4 is 28.2 Å². The van der Waals surface area contributed by atoms with Crippen LogP contribution in [0.15, 0.2) is 42.5 Å². The van der Waals surface area contributed by atoms with Gasteiger partial charge in [-0.3, -0.25) is 14.5 Å². The third-order valence-corrected chi connectivity index (χ3v) is 5.30. The highest BCUT2D eigenvalue weighted by Gasteiger charge is 2.21. The van der Waals surface area contributed by atoms with E-state index in [0.717, 1.165) is 32.5 Å². The number of likely N-dealkylation sites (tertiary alicyclic amines) is 1. The molecule has 132 valence electrons. The normalized spacial score (nSPS) is 15.7. The predicted molar refractivity (Wildman–Crippen MR) is 101 cm³/mol. The number of anilines is 1. The maximum absolute atomic E-state index is 12.4. The van der Waals surface area contributed by atoms with Gasteiger partial charge in [-0.2, -0.15) is 0 Å². The van der Waals surface area contributed by atoms with Gasteiger partial charge >= 0.3 is 0 Å². The number of benzene rings is 1. The second kappa shape index (κ2) is 8.27. The van der Waals surface area contributed by atoms with Gasteiger partial charge < -0.3 is 10.6 Å². The molecule has 1 aliphatic rings. The van der Waals surface area contributed by atoms with E-state index < -0.39 is 0 Å². The van der Waals surface area contributed by atoms with Gasteiger partial charge in [0.1, 0.15) is 0 Å². The Morgan fingerprint density at radius 1 is 1.12 bits per heavy atom. The summed E-state index contributed by atoms with van der Waals surface area (Å²) in [6.45, 7) is 4.40. The fraction of sp³-hybridized carbons (Fsp3) is 0.368. The molecule has 25 heavy (non-hydrogen) atoms. The van der Waals surface area contributed by atoms with Gasteiger partial charge in [-0.05, 0) is 30.5 Å². The van der Waals surface area contributed by atoms with Gasteiger partial charge in [0, 0.05) is 32.6 Å². The van der Waals surface area contributed by atoms with Gasteiger partial charge in [-0.1, -0.05) is 30.3 Å². The lowest BCUT2D eigenvalue weighted by atomic mass is 10.0. The second-order valence-electron chi connectivity index (χ2n) is 6.35. The van der Waals surface area contributed by atoms with Crippen LogP contribution in [-0.2, 0) is 11.3 Å². The molecule has 5 nitrogen and oxygen atoms in total. The molecule has 6 heteroatoms. The monoisotopic (exact) mass is 357 g/mol. The number of rotatable bonds is 5. The van der Waals surface area contributed by atoms with Crippen molar-refractivity contribution in [2.45, 2.75) is 32.4 Å². The van der Waals surface area contributed by atoms with Crippen molar-refractivity contribution in [3.63, 3.8) is 0 Å². The molecular weight excluding hydrogens is 334 g/mol. The quantitative estimate of drug-likeness (QED) is 0.864. The van der Waals surface area contributed by atoms with Gasteiger partial charge in [0.05, 0.1) is 9.88 Å². The Morgan fingerprint density at radius 2 is 1.84 bits per heavy atom. The molecule has 2 aromatic rings. The number of carbonyl (C=O) groups is 2. The largest absolute Gasteiger partial charge is 0.349 e. The summed E-state index contributed by atoms with van der Waals surface area (Å²) in [6.07, 6.45) is 1.92. The molecule has 0 aliphatic carbocycles. The van der Waals surface area contributed by atoms with Crippen molar-refractivity contribution in [1.29, 1.82) is 0 Å². The highest BCUT2D eigenvalue weighted by atomic mass is 32.1. The predicted octanol–water partition coefficient (Wildman–Crippen LogP) is 3.10. The van der Waals surface area contributed by atoms with Gasteiger partial charge in [-0.15, -0.1) is 11.3 Å². The molecule has 0 radical (unpaired) electrons. The maximum atomic E-state index is 12.4. The molecule has 0 unspecified atom stereocenters. The Hall–Kier alpha value is -2.18. The van der Waals surface area contributed by atoms with Crippen molar-refractivity contribution in [3.05, 3.63) is 52.9 Å². The lowest BCUT2D eigenvalue weighted by Gasteiger charge is -2.32. The van der Waals surface area contributed by atoms with Crippen LogP contribution in [0.5, 0.6) is 0 Å². The Morgan fingerprint density at radius 3 is 2.52 bits per heavy atom. The molecule has 0 atom stereocenters. The average molecular weight is 357 g/mol. The first-order chi connectivity index (χ1) is 12.1. The minimum Gasteiger partial charge on any atom is -0.349 e. The van der Waals surface area contributed by atoms with E-state index in [-0.39, 0.29) is 17.9 Å². The first-order valence-electron chi connectivity index (χ1n) is 8.55. The van der Waals surface area contributed by atoms with E-state index in [1.165, 1.54) is 23.8 Å². The van der Waals surface area contributed by atoms with Crippen LogP contribution in [0.1, 0.15) is 35.0 Å². The Kier molecular flexibility index (Phi) is 5.83. The van der Waals surface area contributed by atoms with E-state index in [1.807, 2.05) is 6.07 Å². The van der Waals surface area contributed by atoms with Crippen LogP contribution in [0.4, 0.5) is 5.00 Å². The summed E-state index contributed by atoms with van der Waals surface area (Å²) in [4.78, 5) is 26.5. The zero-order chi connectivity index (χ0) is 17.6. The van der Waals surface area contributed by atoms with Crippen LogP contribution in [0, 0.1) is 0 Å². The van der Waals surface area contributed by atoms with Crippen LogP contribution in [0.3, 0.4) is 0 Å². The van der Waals surface area contributed by atoms with Crippen molar-refractivity contribution < 1.29 is 9.59 Å². The molecule has 1 fully saturated rings. The minimum absolute atomic E-state index is 0.0527. The first-order valence-corrected chi connectivity index (χ1v) is 9.36. The molecule has 0 saturated carbocycles. The summed E-state index contributed by atoms with van der Waals surface area (Å²) in [7, 11) is 0. The summed E-state index contributed by atoms with van der Waals surface area (Å²) in [5.41, 5.74) is 1.33. The van der Waals surface area contributed by atoms with E-state index in [1.54, 1.807) is 12.1 Å². The molecule has 1 aromatic carbocycles. The van der Waals surface area contributed by atoms with Crippen molar-refractivity contribution in [1.82, 2.24) is 10.2 Å². The fourth-order valence-electron chi connectivity index (χ4n) is 3.03. The maximum Gasteiger partial charge on any atom is 0.261 e. The number of nitrogens with zero attached hydrogens (tertiary/aromatic N) is 1. The van der Waals surface area contributed by atoms with Crippen LogP contribution in [0.2, 0.25) is 0 Å². The Labute approximate surface area is 152 Å². The standard InChI is InChI=1S/C19H23N3O2S/c1-14(23)20-18-8-7-17(25-18)19(24)21-16-9-11-22(12-10-16)13-15-5-3-2-4-6-15/h2-8,16H,9-13H2,1H3,(H,20,23)(H,21,24).